The van der Waals surface area contributed by atoms with Gasteiger partial charge in [0.15, 0.2) is 0 Å². The average Bonchev–Trinajstić information content (AvgIpc) is 3.58. The molecule has 2 fully saturated rings. The van der Waals surface area contributed by atoms with Gasteiger partial charge in [0, 0.05) is 18.8 Å². The van der Waals surface area contributed by atoms with Crippen LogP contribution >= 0.6 is 0 Å². The minimum atomic E-state index is -1.02. The maximum atomic E-state index is 14.1. The molecule has 0 spiro atoms. The summed E-state index contributed by atoms with van der Waals surface area (Å²) in [6, 6.07) is 12.2. The van der Waals surface area contributed by atoms with Crippen LogP contribution < -0.4 is 15.5 Å². The zero-order valence-corrected chi connectivity index (χ0v) is 19.0. The molecule has 2 heterocycles. The number of hydrogen-bond acceptors (Lipinski definition) is 5. The van der Waals surface area contributed by atoms with E-state index < -0.39 is 23.2 Å². The first-order chi connectivity index (χ1) is 16.7. The highest BCUT2D eigenvalue weighted by Crippen LogP contribution is 2.46. The summed E-state index contributed by atoms with van der Waals surface area (Å²) in [5, 5.41) is 15.5. The van der Waals surface area contributed by atoms with Crippen molar-refractivity contribution in [3.63, 3.8) is 0 Å². The van der Waals surface area contributed by atoms with Gasteiger partial charge in [0.1, 0.15) is 17.5 Å². The van der Waals surface area contributed by atoms with Crippen LogP contribution in [0, 0.1) is 18.6 Å². The number of hydrogen-bond donors (Lipinski definition) is 3. The number of aryl methyl sites for hydroxylation is 1. The highest BCUT2D eigenvalue weighted by molar-refractivity contribution is 6.00. The predicted octanol–water partition coefficient (Wildman–Crippen LogP) is 4.09. The Bertz CT molecular complexity index is 1300. The van der Waals surface area contributed by atoms with Crippen molar-refractivity contribution in [3.05, 3.63) is 88.6 Å². The van der Waals surface area contributed by atoms with Gasteiger partial charge in [-0.3, -0.25) is 4.79 Å². The van der Waals surface area contributed by atoms with E-state index in [-0.39, 0.29) is 23.0 Å². The Balaban J connectivity index is 1.29. The van der Waals surface area contributed by atoms with E-state index in [4.69, 9.17) is 5.11 Å². The number of carbonyl (C=O) groups excluding carboxylic acids is 1. The Kier molecular flexibility index (Phi) is 5.62. The summed E-state index contributed by atoms with van der Waals surface area (Å²) in [6.07, 6.45) is 2.50. The first-order valence-corrected chi connectivity index (χ1v) is 11.3. The number of benzene rings is 2. The molecule has 3 N–H and O–H groups in total. The molecule has 3 aromatic rings. The lowest BCUT2D eigenvalue weighted by atomic mass is 10.0. The van der Waals surface area contributed by atoms with E-state index in [2.05, 4.69) is 15.6 Å². The van der Waals surface area contributed by atoms with E-state index in [1.807, 2.05) is 11.8 Å². The summed E-state index contributed by atoms with van der Waals surface area (Å²) in [5.74, 6) is -1.95. The number of rotatable bonds is 7. The van der Waals surface area contributed by atoms with E-state index in [0.717, 1.165) is 23.0 Å². The number of carbonyl (C=O) groups is 2. The van der Waals surface area contributed by atoms with Crippen LogP contribution in [0.4, 0.5) is 20.3 Å². The van der Waals surface area contributed by atoms with Gasteiger partial charge in [0.25, 0.3) is 5.91 Å². The van der Waals surface area contributed by atoms with Crippen molar-refractivity contribution in [3.8, 4) is 0 Å². The fourth-order valence-electron chi connectivity index (χ4n) is 4.43. The van der Waals surface area contributed by atoms with Gasteiger partial charge in [-0.1, -0.05) is 12.1 Å². The Morgan fingerprint density at radius 2 is 1.77 bits per heavy atom. The second-order valence-electron chi connectivity index (χ2n) is 9.15. The Labute approximate surface area is 200 Å². The number of carboxylic acids is 1. The highest BCUT2D eigenvalue weighted by atomic mass is 19.1. The molecule has 1 aliphatic carbocycles. The number of nitrogens with one attached hydrogen (secondary N) is 2. The van der Waals surface area contributed by atoms with Crippen LogP contribution in [-0.4, -0.2) is 41.1 Å². The zero-order chi connectivity index (χ0) is 24.7. The van der Waals surface area contributed by atoms with Crippen molar-refractivity contribution in [2.24, 2.45) is 0 Å². The quantitative estimate of drug-likeness (QED) is 0.474. The normalized spacial score (nSPS) is 16.4. The van der Waals surface area contributed by atoms with E-state index in [0.29, 0.717) is 31.7 Å². The van der Waals surface area contributed by atoms with Crippen molar-refractivity contribution in [2.45, 2.75) is 31.3 Å². The molecule has 2 aliphatic rings. The third-order valence-electron chi connectivity index (χ3n) is 6.59. The maximum absolute atomic E-state index is 14.1. The monoisotopic (exact) mass is 478 g/mol. The fraction of sp³-hybridized carbons (Fsp3) is 0.269. The van der Waals surface area contributed by atoms with Gasteiger partial charge in [-0.05, 0) is 67.3 Å². The van der Waals surface area contributed by atoms with E-state index in [1.165, 1.54) is 30.3 Å². The summed E-state index contributed by atoms with van der Waals surface area (Å²) in [4.78, 5) is 30.4. The number of nitrogens with zero attached hydrogens (tertiary/aromatic N) is 2. The lowest BCUT2D eigenvalue weighted by Gasteiger charge is -2.41. The molecule has 1 saturated heterocycles. The summed E-state index contributed by atoms with van der Waals surface area (Å²) in [5.41, 5.74) is 2.17. The molecule has 35 heavy (non-hydrogen) atoms. The van der Waals surface area contributed by atoms with Crippen LogP contribution in [0.15, 0.2) is 54.7 Å². The molecule has 2 aromatic carbocycles. The molecule has 1 amide bonds. The summed E-state index contributed by atoms with van der Waals surface area (Å²) < 4.78 is 27.4. The second kappa shape index (κ2) is 8.65. The molecule has 5 rings (SSSR count). The predicted molar refractivity (Wildman–Crippen MR) is 127 cm³/mol. The molecule has 0 atom stereocenters. The third-order valence-corrected chi connectivity index (χ3v) is 6.59. The van der Waals surface area contributed by atoms with E-state index in [1.54, 1.807) is 18.2 Å². The number of aromatic nitrogens is 1. The van der Waals surface area contributed by atoms with Crippen molar-refractivity contribution >= 4 is 23.4 Å². The van der Waals surface area contributed by atoms with Crippen LogP contribution in [0.5, 0.6) is 0 Å². The first kappa shape index (κ1) is 22.8. The lowest BCUT2D eigenvalue weighted by molar-refractivity contribution is 0.0696. The molecular weight excluding hydrogens is 454 g/mol. The van der Waals surface area contributed by atoms with Crippen molar-refractivity contribution in [2.75, 3.05) is 23.3 Å². The highest BCUT2D eigenvalue weighted by Gasteiger charge is 2.46. The van der Waals surface area contributed by atoms with Gasteiger partial charge in [0.05, 0.1) is 28.9 Å². The van der Waals surface area contributed by atoms with Gasteiger partial charge >= 0.3 is 5.97 Å². The molecule has 0 unspecified atom stereocenters. The minimum absolute atomic E-state index is 0.0736. The molecule has 1 saturated carbocycles. The molecule has 1 aliphatic heterocycles. The Morgan fingerprint density at radius 3 is 2.40 bits per heavy atom. The Morgan fingerprint density at radius 1 is 1.06 bits per heavy atom. The molecule has 9 heteroatoms. The number of halogens is 2. The first-order valence-electron chi connectivity index (χ1n) is 11.3. The van der Waals surface area contributed by atoms with E-state index >= 15 is 0 Å². The largest absolute Gasteiger partial charge is 0.478 e. The van der Waals surface area contributed by atoms with Gasteiger partial charge in [-0.2, -0.15) is 0 Å². The zero-order valence-electron chi connectivity index (χ0n) is 19.0. The van der Waals surface area contributed by atoms with Crippen LogP contribution in [0.1, 0.15) is 44.7 Å². The van der Waals surface area contributed by atoms with Crippen LogP contribution in [-0.2, 0) is 5.54 Å². The van der Waals surface area contributed by atoms with Gasteiger partial charge in [-0.25, -0.2) is 18.6 Å². The summed E-state index contributed by atoms with van der Waals surface area (Å²) in [7, 11) is 0. The number of aromatic carboxylic acids is 1. The molecular formula is C26H24F2N4O3. The molecule has 0 radical (unpaired) electrons. The number of pyridine rings is 1. The van der Waals surface area contributed by atoms with Crippen molar-refractivity contribution < 1.29 is 23.5 Å². The van der Waals surface area contributed by atoms with Crippen molar-refractivity contribution in [1.29, 1.82) is 0 Å². The average molecular weight is 478 g/mol. The summed E-state index contributed by atoms with van der Waals surface area (Å²) >= 11 is 0. The van der Waals surface area contributed by atoms with Gasteiger partial charge in [0.2, 0.25) is 0 Å². The number of amides is 1. The van der Waals surface area contributed by atoms with E-state index in [9.17, 15) is 18.4 Å². The van der Waals surface area contributed by atoms with Crippen LogP contribution in [0.2, 0.25) is 0 Å². The SMILES string of the molecule is Cc1cc(F)ccc1NC1CN(c2ncc(F)cc2C(=O)NC2(c3ccc(C(=O)O)cc3)CC2)C1. The fourth-order valence-corrected chi connectivity index (χ4v) is 4.43. The molecule has 180 valence electrons. The molecule has 7 nitrogen and oxygen atoms in total. The third kappa shape index (κ3) is 4.53. The topological polar surface area (TPSA) is 94.6 Å². The minimum Gasteiger partial charge on any atom is -0.478 e. The Hall–Kier alpha value is -4.01. The maximum Gasteiger partial charge on any atom is 0.335 e. The van der Waals surface area contributed by atoms with Crippen LogP contribution in [0.3, 0.4) is 0 Å². The molecule has 0 bridgehead atoms. The van der Waals surface area contributed by atoms with Gasteiger partial charge in [-0.15, -0.1) is 0 Å². The molecule has 1 aromatic heterocycles. The van der Waals surface area contributed by atoms with Gasteiger partial charge < -0.3 is 20.6 Å². The second-order valence-corrected chi connectivity index (χ2v) is 9.15. The summed E-state index contributed by atoms with van der Waals surface area (Å²) in [6.45, 7) is 2.93. The lowest BCUT2D eigenvalue weighted by Crippen LogP contribution is -2.56. The van der Waals surface area contributed by atoms with Crippen molar-refractivity contribution in [1.82, 2.24) is 10.3 Å². The van der Waals surface area contributed by atoms with Crippen LogP contribution in [0.25, 0.3) is 0 Å². The number of anilines is 2. The smallest absolute Gasteiger partial charge is 0.335 e. The number of carboxylic acid groups (broad SMARTS) is 1. The standard InChI is InChI=1S/C26H24F2N4O3/c1-15-10-18(27)6-7-22(15)30-20-13-32(14-20)23-21(11-19(28)12-29-23)24(33)31-26(8-9-26)17-4-2-16(3-5-17)25(34)35/h2-7,10-12,20,30H,8-9,13-14H2,1H3,(H,31,33)(H,34,35).